The predicted molar refractivity (Wildman–Crippen MR) is 48.7 cm³/mol. The Labute approximate surface area is 80.4 Å². The molecule has 0 N–H and O–H groups in total. The molecule has 0 aliphatic heterocycles. The highest BCUT2D eigenvalue weighted by atomic mass is 16.1. The SMILES string of the molecule is Cn1ccc(C(=O)c2cnccn2)n1. The van der Waals surface area contributed by atoms with Gasteiger partial charge in [-0.15, -0.1) is 0 Å². The van der Waals surface area contributed by atoms with Crippen LogP contribution in [0.5, 0.6) is 0 Å². The maximum absolute atomic E-state index is 11.7. The molecule has 2 aromatic rings. The van der Waals surface area contributed by atoms with Crippen molar-refractivity contribution in [3.05, 3.63) is 42.2 Å². The Morgan fingerprint density at radius 3 is 2.79 bits per heavy atom. The molecule has 2 rings (SSSR count). The van der Waals surface area contributed by atoms with E-state index in [0.717, 1.165) is 0 Å². The maximum Gasteiger partial charge on any atom is 0.233 e. The average molecular weight is 188 g/mol. The third kappa shape index (κ3) is 1.52. The molecule has 0 aliphatic rings. The summed E-state index contributed by atoms with van der Waals surface area (Å²) in [5, 5.41) is 3.99. The van der Waals surface area contributed by atoms with Crippen molar-refractivity contribution < 1.29 is 4.79 Å². The maximum atomic E-state index is 11.7. The Kier molecular flexibility index (Phi) is 2.06. The number of aromatic nitrogens is 4. The van der Waals surface area contributed by atoms with Crippen LogP contribution < -0.4 is 0 Å². The van der Waals surface area contributed by atoms with Crippen molar-refractivity contribution >= 4 is 5.78 Å². The first kappa shape index (κ1) is 8.55. The lowest BCUT2D eigenvalue weighted by Gasteiger charge is -1.93. The molecule has 5 heteroatoms. The zero-order valence-corrected chi connectivity index (χ0v) is 7.58. The minimum atomic E-state index is -0.210. The van der Waals surface area contributed by atoms with E-state index in [1.165, 1.54) is 18.6 Å². The average Bonchev–Trinajstić information content (AvgIpc) is 2.65. The number of rotatable bonds is 2. The van der Waals surface area contributed by atoms with Gasteiger partial charge in [-0.2, -0.15) is 5.10 Å². The van der Waals surface area contributed by atoms with E-state index in [0.29, 0.717) is 11.4 Å². The van der Waals surface area contributed by atoms with Crippen molar-refractivity contribution in [3.63, 3.8) is 0 Å². The lowest BCUT2D eigenvalue weighted by molar-refractivity contribution is 0.102. The van der Waals surface area contributed by atoms with Gasteiger partial charge in [0.05, 0.1) is 6.20 Å². The molecule has 0 bridgehead atoms. The van der Waals surface area contributed by atoms with E-state index in [4.69, 9.17) is 0 Å². The van der Waals surface area contributed by atoms with E-state index in [1.54, 1.807) is 24.0 Å². The van der Waals surface area contributed by atoms with Gasteiger partial charge in [0.1, 0.15) is 11.4 Å². The molecule has 0 unspecified atom stereocenters. The van der Waals surface area contributed by atoms with E-state index < -0.39 is 0 Å². The summed E-state index contributed by atoms with van der Waals surface area (Å²) in [5.74, 6) is -0.210. The van der Waals surface area contributed by atoms with Crippen LogP contribution in [0, 0.1) is 0 Å². The van der Waals surface area contributed by atoms with Crippen LogP contribution in [0.2, 0.25) is 0 Å². The fourth-order valence-electron chi connectivity index (χ4n) is 1.08. The van der Waals surface area contributed by atoms with Gasteiger partial charge in [-0.25, -0.2) is 4.98 Å². The second-order valence-electron chi connectivity index (χ2n) is 2.79. The molecule has 0 radical (unpaired) electrons. The van der Waals surface area contributed by atoms with Crippen molar-refractivity contribution in [1.82, 2.24) is 19.7 Å². The first-order valence-corrected chi connectivity index (χ1v) is 4.08. The van der Waals surface area contributed by atoms with E-state index in [-0.39, 0.29) is 5.78 Å². The summed E-state index contributed by atoms with van der Waals surface area (Å²) in [4.78, 5) is 19.4. The fourth-order valence-corrected chi connectivity index (χ4v) is 1.08. The molecule has 2 aromatic heterocycles. The molecule has 0 saturated carbocycles. The number of carbonyl (C=O) groups is 1. The Bertz CT molecular complexity index is 449. The Balaban J connectivity index is 2.34. The van der Waals surface area contributed by atoms with Crippen molar-refractivity contribution in [3.8, 4) is 0 Å². The quantitative estimate of drug-likeness (QED) is 0.641. The molecule has 2 heterocycles. The molecule has 14 heavy (non-hydrogen) atoms. The highest BCUT2D eigenvalue weighted by Crippen LogP contribution is 2.02. The molecule has 70 valence electrons. The molecule has 0 aliphatic carbocycles. The van der Waals surface area contributed by atoms with Crippen LogP contribution in [0.25, 0.3) is 0 Å². The summed E-state index contributed by atoms with van der Waals surface area (Å²) in [6.45, 7) is 0. The second kappa shape index (κ2) is 3.37. The summed E-state index contributed by atoms with van der Waals surface area (Å²) < 4.78 is 1.57. The molecule has 5 nitrogen and oxygen atoms in total. The standard InChI is InChI=1S/C9H8N4O/c1-13-5-2-7(12-13)9(14)8-6-10-3-4-11-8/h2-6H,1H3. The van der Waals surface area contributed by atoms with Gasteiger partial charge in [-0.3, -0.25) is 14.5 Å². The van der Waals surface area contributed by atoms with Gasteiger partial charge < -0.3 is 0 Å². The summed E-state index contributed by atoms with van der Waals surface area (Å²) in [6.07, 6.45) is 6.14. The number of hydrogen-bond acceptors (Lipinski definition) is 4. The number of carbonyl (C=O) groups excluding carboxylic acids is 1. The van der Waals surface area contributed by atoms with Crippen molar-refractivity contribution in [1.29, 1.82) is 0 Å². The Morgan fingerprint density at radius 2 is 2.21 bits per heavy atom. The summed E-state index contributed by atoms with van der Waals surface area (Å²) in [7, 11) is 1.76. The van der Waals surface area contributed by atoms with Crippen LogP contribution in [-0.4, -0.2) is 25.5 Å². The fraction of sp³-hybridized carbons (Fsp3) is 0.111. The van der Waals surface area contributed by atoms with E-state index in [2.05, 4.69) is 15.1 Å². The van der Waals surface area contributed by atoms with E-state index >= 15 is 0 Å². The van der Waals surface area contributed by atoms with E-state index in [1.807, 2.05) is 0 Å². The summed E-state index contributed by atoms with van der Waals surface area (Å²) in [6, 6.07) is 1.65. The van der Waals surface area contributed by atoms with Crippen LogP contribution in [0.1, 0.15) is 16.2 Å². The third-order valence-corrected chi connectivity index (χ3v) is 1.74. The topological polar surface area (TPSA) is 60.7 Å². The smallest absolute Gasteiger partial charge is 0.233 e. The Hall–Kier alpha value is -2.04. The molecule has 0 fully saturated rings. The first-order valence-electron chi connectivity index (χ1n) is 4.08. The lowest BCUT2D eigenvalue weighted by Crippen LogP contribution is -2.05. The van der Waals surface area contributed by atoms with Crippen LogP contribution in [0.4, 0.5) is 0 Å². The molecule has 0 saturated heterocycles. The molecular weight excluding hydrogens is 180 g/mol. The van der Waals surface area contributed by atoms with Crippen molar-refractivity contribution in [2.75, 3.05) is 0 Å². The van der Waals surface area contributed by atoms with Gasteiger partial charge in [0.25, 0.3) is 0 Å². The predicted octanol–water partition coefficient (Wildman–Crippen LogP) is 0.441. The summed E-state index contributed by atoms with van der Waals surface area (Å²) >= 11 is 0. The molecule has 0 amide bonds. The highest BCUT2D eigenvalue weighted by molar-refractivity contribution is 6.05. The van der Waals surface area contributed by atoms with Gasteiger partial charge in [-0.05, 0) is 6.07 Å². The second-order valence-corrected chi connectivity index (χ2v) is 2.79. The van der Waals surface area contributed by atoms with Crippen molar-refractivity contribution in [2.45, 2.75) is 0 Å². The minimum Gasteiger partial charge on any atom is -0.285 e. The molecular formula is C9H8N4O. The molecule has 0 spiro atoms. The zero-order valence-electron chi connectivity index (χ0n) is 7.58. The van der Waals surface area contributed by atoms with Gasteiger partial charge in [0.15, 0.2) is 0 Å². The number of ketones is 1. The van der Waals surface area contributed by atoms with Gasteiger partial charge >= 0.3 is 0 Å². The van der Waals surface area contributed by atoms with Gasteiger partial charge in [0.2, 0.25) is 5.78 Å². The first-order chi connectivity index (χ1) is 6.77. The lowest BCUT2D eigenvalue weighted by atomic mass is 10.2. The largest absolute Gasteiger partial charge is 0.285 e. The minimum absolute atomic E-state index is 0.210. The molecule has 0 atom stereocenters. The van der Waals surface area contributed by atoms with Gasteiger partial charge in [0, 0.05) is 25.6 Å². The highest BCUT2D eigenvalue weighted by Gasteiger charge is 2.12. The number of hydrogen-bond donors (Lipinski definition) is 0. The number of nitrogens with zero attached hydrogens (tertiary/aromatic N) is 4. The van der Waals surface area contributed by atoms with Crippen molar-refractivity contribution in [2.24, 2.45) is 7.05 Å². The zero-order chi connectivity index (χ0) is 9.97. The van der Waals surface area contributed by atoms with Crippen LogP contribution in [-0.2, 0) is 7.05 Å². The van der Waals surface area contributed by atoms with Crippen LogP contribution in [0.3, 0.4) is 0 Å². The number of aryl methyl sites for hydroxylation is 1. The van der Waals surface area contributed by atoms with E-state index in [9.17, 15) is 4.79 Å². The van der Waals surface area contributed by atoms with Crippen LogP contribution in [0.15, 0.2) is 30.9 Å². The third-order valence-electron chi connectivity index (χ3n) is 1.74. The normalized spacial score (nSPS) is 10.1. The molecule has 0 aromatic carbocycles. The van der Waals surface area contributed by atoms with Gasteiger partial charge in [-0.1, -0.05) is 0 Å². The summed E-state index contributed by atoms with van der Waals surface area (Å²) in [5.41, 5.74) is 0.694. The van der Waals surface area contributed by atoms with Crippen LogP contribution >= 0.6 is 0 Å². The Morgan fingerprint density at radius 1 is 1.36 bits per heavy atom. The monoisotopic (exact) mass is 188 g/mol.